The third-order valence-corrected chi connectivity index (χ3v) is 3.07. The zero-order chi connectivity index (χ0) is 15.1. The van der Waals surface area contributed by atoms with E-state index in [2.05, 4.69) is 30.8 Å². The smallest absolute Gasteiger partial charge is 0.341 e. The summed E-state index contributed by atoms with van der Waals surface area (Å²) in [6.45, 7) is -0.160. The minimum absolute atomic E-state index is 0.0393. The highest BCUT2D eigenvalue weighted by atomic mass is 32.2. The second-order valence-corrected chi connectivity index (χ2v) is 4.78. The Labute approximate surface area is 122 Å². The van der Waals surface area contributed by atoms with E-state index in [0.29, 0.717) is 11.0 Å². The van der Waals surface area contributed by atoms with Crippen molar-refractivity contribution in [1.29, 1.82) is 0 Å². The molecule has 4 N–H and O–H groups in total. The largest absolute Gasteiger partial charge is 0.346 e. The Morgan fingerprint density at radius 1 is 1.29 bits per heavy atom. The summed E-state index contributed by atoms with van der Waals surface area (Å²) in [4.78, 5) is 40.2. The Bertz CT molecular complexity index is 668. The highest BCUT2D eigenvalue weighted by Crippen LogP contribution is 2.08. The normalized spacial score (nSPS) is 10.1. The fourth-order valence-electron chi connectivity index (χ4n) is 1.31. The molecule has 10 heteroatoms. The number of nitrogens with one attached hydrogen (secondary N) is 4. The van der Waals surface area contributed by atoms with Gasteiger partial charge in [0.1, 0.15) is 5.82 Å². The van der Waals surface area contributed by atoms with Crippen LogP contribution in [0.15, 0.2) is 34.3 Å². The summed E-state index contributed by atoms with van der Waals surface area (Å²) in [6.07, 6.45) is 1.55. The number of carbonyl (C=O) groups is 2. The minimum Gasteiger partial charge on any atom is -0.346 e. The molecule has 110 valence electrons. The topological polar surface area (TPSA) is 133 Å². The number of hydrogen-bond donors (Lipinski definition) is 4. The lowest BCUT2D eigenvalue weighted by Gasteiger charge is -2.05. The van der Waals surface area contributed by atoms with Crippen molar-refractivity contribution in [2.24, 2.45) is 0 Å². The van der Waals surface area contributed by atoms with Gasteiger partial charge in [-0.15, -0.1) is 5.10 Å². The Kier molecular flexibility index (Phi) is 5.10. The van der Waals surface area contributed by atoms with E-state index in [0.717, 1.165) is 11.8 Å². The van der Waals surface area contributed by atoms with E-state index < -0.39 is 5.69 Å². The first-order chi connectivity index (χ1) is 10.1. The zero-order valence-corrected chi connectivity index (χ0v) is 11.6. The fraction of sp³-hybridized carbons (Fsp3) is 0.182. The van der Waals surface area contributed by atoms with Crippen LogP contribution >= 0.6 is 11.8 Å². The van der Waals surface area contributed by atoms with Gasteiger partial charge in [-0.05, 0) is 12.1 Å². The summed E-state index contributed by atoms with van der Waals surface area (Å²) >= 11 is 1.05. The first-order valence-corrected chi connectivity index (χ1v) is 6.87. The summed E-state index contributed by atoms with van der Waals surface area (Å²) in [5, 5.41) is 11.1. The van der Waals surface area contributed by atoms with Gasteiger partial charge < -0.3 is 10.6 Å². The second-order valence-electron chi connectivity index (χ2n) is 3.81. The molecule has 2 aromatic rings. The molecule has 0 aliphatic carbocycles. The molecule has 0 aliphatic heterocycles. The van der Waals surface area contributed by atoms with Crippen molar-refractivity contribution in [1.82, 2.24) is 25.5 Å². The van der Waals surface area contributed by atoms with Crippen LogP contribution in [0.4, 0.5) is 5.82 Å². The molecule has 0 fully saturated rings. The van der Waals surface area contributed by atoms with Gasteiger partial charge >= 0.3 is 5.69 Å². The van der Waals surface area contributed by atoms with Gasteiger partial charge in [0.25, 0.3) is 0 Å². The van der Waals surface area contributed by atoms with Crippen molar-refractivity contribution in [3.05, 3.63) is 34.9 Å². The highest BCUT2D eigenvalue weighted by Gasteiger charge is 2.08. The van der Waals surface area contributed by atoms with Gasteiger partial charge in [0.2, 0.25) is 11.8 Å². The number of nitrogens with zero attached hydrogens (tertiary/aromatic N) is 2. The lowest BCUT2D eigenvalue weighted by Crippen LogP contribution is -2.34. The van der Waals surface area contributed by atoms with Gasteiger partial charge in [0.15, 0.2) is 5.16 Å². The molecule has 9 nitrogen and oxygen atoms in total. The molecule has 0 spiro atoms. The van der Waals surface area contributed by atoms with Crippen LogP contribution in [0, 0.1) is 0 Å². The molecule has 0 aliphatic rings. The van der Waals surface area contributed by atoms with E-state index in [1.807, 2.05) is 0 Å². The van der Waals surface area contributed by atoms with Crippen molar-refractivity contribution in [3.63, 3.8) is 0 Å². The first kappa shape index (κ1) is 14.8. The third-order valence-electron chi connectivity index (χ3n) is 2.20. The van der Waals surface area contributed by atoms with E-state index in [1.165, 1.54) is 0 Å². The lowest BCUT2D eigenvalue weighted by molar-refractivity contribution is -0.122. The van der Waals surface area contributed by atoms with Gasteiger partial charge in [0, 0.05) is 6.20 Å². The SMILES string of the molecule is O=C(CSc1n[nH]c(=O)[nH]1)NCC(=O)Nc1ccccn1. The van der Waals surface area contributed by atoms with Crippen LogP contribution < -0.4 is 16.3 Å². The van der Waals surface area contributed by atoms with Gasteiger partial charge in [0.05, 0.1) is 12.3 Å². The molecule has 0 saturated carbocycles. The fourth-order valence-corrected chi connectivity index (χ4v) is 1.96. The number of H-pyrrole nitrogens is 2. The molecule has 2 rings (SSSR count). The van der Waals surface area contributed by atoms with Gasteiger partial charge in [-0.2, -0.15) is 0 Å². The summed E-state index contributed by atoms with van der Waals surface area (Å²) in [5.41, 5.74) is -0.437. The molecular weight excluding hydrogens is 296 g/mol. The predicted octanol–water partition coefficient (Wildman–Crippen LogP) is -0.660. The average Bonchev–Trinajstić information content (AvgIpc) is 2.90. The minimum atomic E-state index is -0.437. The summed E-state index contributed by atoms with van der Waals surface area (Å²) in [6, 6.07) is 5.11. The van der Waals surface area contributed by atoms with Crippen molar-refractivity contribution in [2.45, 2.75) is 5.16 Å². The first-order valence-electron chi connectivity index (χ1n) is 5.88. The number of hydrogen-bond acceptors (Lipinski definition) is 6. The van der Waals surface area contributed by atoms with Crippen LogP contribution in [0.1, 0.15) is 0 Å². The number of thioether (sulfide) groups is 1. The average molecular weight is 308 g/mol. The molecule has 21 heavy (non-hydrogen) atoms. The number of rotatable bonds is 6. The standard InChI is InChI=1S/C11H12N6O3S/c18-8(14-7-3-1-2-4-12-7)5-13-9(19)6-21-11-15-10(20)16-17-11/h1-4H,5-6H2,(H,13,19)(H,12,14,18)(H2,15,16,17,20). The third kappa shape index (κ3) is 5.10. The van der Waals surface area contributed by atoms with Gasteiger partial charge in [-0.3, -0.25) is 14.6 Å². The van der Waals surface area contributed by atoms with Crippen LogP contribution in [0.25, 0.3) is 0 Å². The van der Waals surface area contributed by atoms with Crippen LogP contribution in [-0.4, -0.2) is 44.3 Å². The van der Waals surface area contributed by atoms with Crippen LogP contribution in [0.5, 0.6) is 0 Å². The second kappa shape index (κ2) is 7.24. The quantitative estimate of drug-likeness (QED) is 0.524. The number of carbonyl (C=O) groups excluding carboxylic acids is 2. The molecule has 0 bridgehead atoms. The maximum atomic E-state index is 11.6. The van der Waals surface area contributed by atoms with E-state index in [1.54, 1.807) is 24.4 Å². The monoisotopic (exact) mass is 308 g/mol. The van der Waals surface area contributed by atoms with Crippen molar-refractivity contribution in [2.75, 3.05) is 17.6 Å². The molecule has 2 heterocycles. The van der Waals surface area contributed by atoms with Crippen LogP contribution in [0.3, 0.4) is 0 Å². The molecule has 2 aromatic heterocycles. The maximum absolute atomic E-state index is 11.6. The highest BCUT2D eigenvalue weighted by molar-refractivity contribution is 7.99. The van der Waals surface area contributed by atoms with Crippen molar-refractivity contribution in [3.8, 4) is 0 Å². The number of aromatic nitrogens is 4. The van der Waals surface area contributed by atoms with Crippen LogP contribution in [-0.2, 0) is 9.59 Å². The van der Waals surface area contributed by atoms with Crippen molar-refractivity contribution < 1.29 is 9.59 Å². The zero-order valence-electron chi connectivity index (χ0n) is 10.8. The Morgan fingerprint density at radius 3 is 2.81 bits per heavy atom. The number of pyridine rings is 1. The Morgan fingerprint density at radius 2 is 2.14 bits per heavy atom. The molecule has 0 unspecified atom stereocenters. The lowest BCUT2D eigenvalue weighted by atomic mass is 10.4. The number of anilines is 1. The maximum Gasteiger partial charge on any atom is 0.341 e. The molecule has 0 saturated heterocycles. The van der Waals surface area contributed by atoms with Gasteiger partial charge in [-0.1, -0.05) is 17.8 Å². The van der Waals surface area contributed by atoms with E-state index in [4.69, 9.17) is 0 Å². The Balaban J connectivity index is 1.69. The van der Waals surface area contributed by atoms with E-state index in [9.17, 15) is 14.4 Å². The molecular formula is C11H12N6O3S. The summed E-state index contributed by atoms with van der Waals surface area (Å²) < 4.78 is 0. The Hall–Kier alpha value is -2.62. The molecule has 2 amide bonds. The van der Waals surface area contributed by atoms with Gasteiger partial charge in [-0.25, -0.2) is 14.9 Å². The molecule has 0 atom stereocenters. The van der Waals surface area contributed by atoms with E-state index in [-0.39, 0.29) is 24.1 Å². The summed E-state index contributed by atoms with van der Waals surface area (Å²) in [5.74, 6) is -0.266. The summed E-state index contributed by atoms with van der Waals surface area (Å²) in [7, 11) is 0. The predicted molar refractivity (Wildman–Crippen MR) is 75.8 cm³/mol. The van der Waals surface area contributed by atoms with E-state index >= 15 is 0 Å². The van der Waals surface area contributed by atoms with Crippen LogP contribution in [0.2, 0.25) is 0 Å². The van der Waals surface area contributed by atoms with Crippen molar-refractivity contribution >= 4 is 29.4 Å². The number of amides is 2. The molecule has 0 aromatic carbocycles. The number of aromatic amines is 2. The molecule has 0 radical (unpaired) electrons.